The van der Waals surface area contributed by atoms with E-state index in [9.17, 15) is 13.2 Å². The molecular formula is C8H7ClF3NO. The highest BCUT2D eigenvalue weighted by Gasteiger charge is 2.41. The number of nitrogens with zero attached hydrogens (tertiary/aromatic N) is 1. The van der Waals surface area contributed by atoms with Gasteiger partial charge in [-0.3, -0.25) is 0 Å². The van der Waals surface area contributed by atoms with E-state index in [4.69, 9.17) is 16.8 Å². The lowest BCUT2D eigenvalue weighted by Gasteiger charge is -2.22. The highest BCUT2D eigenvalue weighted by Crippen LogP contribution is 2.32. The van der Waals surface area contributed by atoms with Crippen molar-refractivity contribution in [3.63, 3.8) is 0 Å². The van der Waals surface area contributed by atoms with Crippen molar-refractivity contribution >= 4 is 11.6 Å². The fraction of sp³-hybridized carbons (Fsp3) is 0.250. The summed E-state index contributed by atoms with van der Waals surface area (Å²) < 4.78 is 35.9. The molecule has 0 amide bonds. The molecule has 0 unspecified atom stereocenters. The van der Waals surface area contributed by atoms with Gasteiger partial charge in [0.1, 0.15) is 5.50 Å². The fourth-order valence-electron chi connectivity index (χ4n) is 0.882. The lowest BCUT2D eigenvalue weighted by Crippen LogP contribution is -2.35. The minimum absolute atomic E-state index is 0.175. The molecule has 1 atom stereocenters. The van der Waals surface area contributed by atoms with Crippen molar-refractivity contribution in [2.45, 2.75) is 11.8 Å². The van der Waals surface area contributed by atoms with Gasteiger partial charge in [-0.2, -0.15) is 13.2 Å². The number of alkyl halides is 4. The van der Waals surface area contributed by atoms with Crippen LogP contribution in [0.2, 0.25) is 0 Å². The molecule has 78 valence electrons. The van der Waals surface area contributed by atoms with E-state index in [0.717, 1.165) is 0 Å². The van der Waals surface area contributed by atoms with Crippen LogP contribution in [0.4, 0.5) is 13.2 Å². The predicted molar refractivity (Wildman–Crippen MR) is 44.7 cm³/mol. The minimum atomic E-state index is -4.86. The van der Waals surface area contributed by atoms with Crippen LogP contribution in [0, 0.1) is 0 Å². The first-order chi connectivity index (χ1) is 6.43. The zero-order chi connectivity index (χ0) is 10.8. The zero-order valence-corrected chi connectivity index (χ0v) is 7.63. The van der Waals surface area contributed by atoms with E-state index < -0.39 is 16.9 Å². The highest BCUT2D eigenvalue weighted by atomic mass is 35.5. The van der Waals surface area contributed by atoms with Crippen LogP contribution in [0.25, 0.3) is 0 Å². The summed E-state index contributed by atoms with van der Waals surface area (Å²) in [6, 6.07) is 7.51. The molecule has 0 aliphatic carbocycles. The maximum Gasteiger partial charge on any atom is 0.484 e. The van der Waals surface area contributed by atoms with Gasteiger partial charge in [-0.15, -0.1) is 0 Å². The normalized spacial score (nSPS) is 14.4. The Labute approximate surface area is 83.5 Å². The van der Waals surface area contributed by atoms with Gasteiger partial charge in [-0.25, -0.2) is 0 Å². The molecule has 0 aliphatic rings. The Hall–Kier alpha value is -0.780. The van der Waals surface area contributed by atoms with Gasteiger partial charge in [-0.05, 0) is 5.56 Å². The largest absolute Gasteiger partial charge is 0.484 e. The van der Waals surface area contributed by atoms with Crippen molar-refractivity contribution in [2.75, 3.05) is 0 Å². The topological polar surface area (TPSA) is 23.5 Å². The Morgan fingerprint density at radius 1 is 1.21 bits per heavy atom. The molecule has 0 aromatic heterocycles. The lowest BCUT2D eigenvalue weighted by molar-refractivity contribution is -0.359. The Morgan fingerprint density at radius 3 is 2.14 bits per heavy atom. The molecule has 0 saturated carbocycles. The van der Waals surface area contributed by atoms with Crippen molar-refractivity contribution in [2.24, 2.45) is 0 Å². The Morgan fingerprint density at radius 2 is 1.71 bits per heavy atom. The van der Waals surface area contributed by atoms with E-state index >= 15 is 0 Å². The average molecular weight is 226 g/mol. The number of benzene rings is 1. The van der Waals surface area contributed by atoms with Crippen molar-refractivity contribution in [3.8, 4) is 0 Å². The maximum atomic E-state index is 12.0. The van der Waals surface area contributed by atoms with Gasteiger partial charge in [0, 0.05) is 0 Å². The van der Waals surface area contributed by atoms with Gasteiger partial charge in [-0.1, -0.05) is 47.0 Å². The fourth-order valence-corrected chi connectivity index (χ4v) is 1.14. The van der Waals surface area contributed by atoms with Crippen LogP contribution < -0.4 is 0 Å². The quantitative estimate of drug-likeness (QED) is 0.475. The van der Waals surface area contributed by atoms with Crippen molar-refractivity contribution in [3.05, 3.63) is 35.9 Å². The van der Waals surface area contributed by atoms with Crippen LogP contribution in [0.5, 0.6) is 0 Å². The monoisotopic (exact) mass is 225 g/mol. The smallest absolute Gasteiger partial charge is 0.305 e. The summed E-state index contributed by atoms with van der Waals surface area (Å²) in [7, 11) is 0. The van der Waals surface area contributed by atoms with Crippen molar-refractivity contribution in [1.29, 1.82) is 0 Å². The first-order valence-electron chi connectivity index (χ1n) is 3.67. The molecular weight excluding hydrogens is 219 g/mol. The van der Waals surface area contributed by atoms with E-state index in [-0.39, 0.29) is 5.56 Å². The molecule has 2 nitrogen and oxygen atoms in total. The molecule has 0 heterocycles. The third-order valence-electron chi connectivity index (χ3n) is 1.55. The van der Waals surface area contributed by atoms with Gasteiger partial charge < -0.3 is 5.21 Å². The number of hydrogen-bond donors (Lipinski definition) is 1. The molecule has 0 aliphatic heterocycles. The van der Waals surface area contributed by atoms with E-state index in [1.807, 2.05) is 0 Å². The molecule has 14 heavy (non-hydrogen) atoms. The second-order valence-corrected chi connectivity index (χ2v) is 2.97. The van der Waals surface area contributed by atoms with Crippen LogP contribution >= 0.6 is 11.6 Å². The first-order valence-corrected chi connectivity index (χ1v) is 4.10. The molecule has 0 spiro atoms. The van der Waals surface area contributed by atoms with E-state index in [1.165, 1.54) is 24.3 Å². The van der Waals surface area contributed by atoms with Crippen molar-refractivity contribution in [1.82, 2.24) is 5.06 Å². The Kier molecular flexibility index (Phi) is 3.36. The van der Waals surface area contributed by atoms with Gasteiger partial charge in [0.2, 0.25) is 0 Å². The second-order valence-electron chi connectivity index (χ2n) is 2.56. The molecule has 1 rings (SSSR count). The van der Waals surface area contributed by atoms with Gasteiger partial charge in [0.25, 0.3) is 0 Å². The minimum Gasteiger partial charge on any atom is -0.305 e. The third kappa shape index (κ3) is 2.60. The SMILES string of the molecule is ON([C@H](Cl)c1ccccc1)C(F)(F)F. The zero-order valence-electron chi connectivity index (χ0n) is 6.87. The summed E-state index contributed by atoms with van der Waals surface area (Å²) in [5, 5.41) is 7.84. The van der Waals surface area contributed by atoms with E-state index in [0.29, 0.717) is 0 Å². The standard InChI is InChI=1S/C8H7ClF3NO/c9-7(13(14)8(10,11)12)6-4-2-1-3-5-6/h1-5,7,14H/t7-/m0/s1. The summed E-state index contributed by atoms with van der Waals surface area (Å²) in [5.74, 6) is 0. The van der Waals surface area contributed by atoms with Crippen LogP contribution in [0.15, 0.2) is 30.3 Å². The second kappa shape index (κ2) is 4.16. The predicted octanol–water partition coefficient (Wildman–Crippen LogP) is 3.14. The van der Waals surface area contributed by atoms with Crippen LogP contribution in [-0.2, 0) is 0 Å². The Balaban J connectivity index is 2.81. The van der Waals surface area contributed by atoms with Crippen molar-refractivity contribution < 1.29 is 18.4 Å². The first kappa shape index (κ1) is 11.3. The van der Waals surface area contributed by atoms with Gasteiger partial charge >= 0.3 is 6.30 Å². The molecule has 1 N–H and O–H groups in total. The molecule has 0 radical (unpaired) electrons. The summed E-state index contributed by atoms with van der Waals surface area (Å²) in [6.45, 7) is 0. The summed E-state index contributed by atoms with van der Waals surface area (Å²) in [4.78, 5) is 0. The van der Waals surface area contributed by atoms with E-state index in [1.54, 1.807) is 6.07 Å². The summed E-state index contributed by atoms with van der Waals surface area (Å²) >= 11 is 5.40. The van der Waals surface area contributed by atoms with Crippen LogP contribution in [-0.4, -0.2) is 16.6 Å². The number of hydroxylamine groups is 2. The summed E-state index contributed by atoms with van der Waals surface area (Å²) in [5.41, 5.74) is -1.45. The van der Waals surface area contributed by atoms with Crippen LogP contribution in [0.3, 0.4) is 0 Å². The molecule has 1 aromatic rings. The number of rotatable bonds is 2. The third-order valence-corrected chi connectivity index (χ3v) is 1.99. The number of halogens is 4. The van der Waals surface area contributed by atoms with Crippen LogP contribution in [0.1, 0.15) is 11.1 Å². The Bertz CT molecular complexity index is 290. The number of hydrogen-bond acceptors (Lipinski definition) is 2. The lowest BCUT2D eigenvalue weighted by atomic mass is 10.2. The molecule has 0 saturated heterocycles. The van der Waals surface area contributed by atoms with Gasteiger partial charge in [0.05, 0.1) is 0 Å². The molecule has 1 aromatic carbocycles. The van der Waals surface area contributed by atoms with E-state index in [2.05, 4.69) is 0 Å². The molecule has 6 heteroatoms. The summed E-state index contributed by atoms with van der Waals surface area (Å²) in [6.07, 6.45) is -4.86. The average Bonchev–Trinajstić information content (AvgIpc) is 2.15. The van der Waals surface area contributed by atoms with Gasteiger partial charge in [0.15, 0.2) is 0 Å². The maximum absolute atomic E-state index is 12.0. The molecule has 0 bridgehead atoms. The molecule has 0 fully saturated rings. The highest BCUT2D eigenvalue weighted by molar-refractivity contribution is 6.20.